The number of ketones is 2. The number of aromatic nitrogens is 1. The van der Waals surface area contributed by atoms with Crippen LogP contribution in [0.15, 0.2) is 109 Å². The Bertz CT molecular complexity index is 2320. The first kappa shape index (κ1) is 35.8. The van der Waals surface area contributed by atoms with Crippen molar-refractivity contribution in [2.45, 2.75) is 30.4 Å². The number of anilines is 1. The van der Waals surface area contributed by atoms with E-state index in [0.29, 0.717) is 28.3 Å². The molecule has 0 bridgehead atoms. The Labute approximate surface area is 317 Å². The summed E-state index contributed by atoms with van der Waals surface area (Å²) in [6, 6.07) is 23.9. The second-order valence-corrected chi connectivity index (χ2v) is 14.8. The quantitative estimate of drug-likeness (QED) is 0.162. The number of imide groups is 1. The van der Waals surface area contributed by atoms with Gasteiger partial charge in [-0.3, -0.25) is 24.2 Å². The SMILES string of the molecule is CN(c1nc(C(F)(F)F)ccc1Cl)N1C(=O)C2CC=C3C(CC4C(=O)C(c5ccccc5)=CC(=O)C4(c4ccccc4)C3c3ccc(O)cc3Cl)C2C1=O. The largest absolute Gasteiger partial charge is 0.508 e. The fourth-order valence-electron chi connectivity index (χ4n) is 9.16. The van der Waals surface area contributed by atoms with Crippen molar-refractivity contribution in [1.82, 2.24) is 9.99 Å². The van der Waals surface area contributed by atoms with Gasteiger partial charge in [0.2, 0.25) is 0 Å². The number of hydrogen-bond donors (Lipinski definition) is 1. The van der Waals surface area contributed by atoms with Crippen molar-refractivity contribution in [3.63, 3.8) is 0 Å². The zero-order valence-electron chi connectivity index (χ0n) is 28.4. The van der Waals surface area contributed by atoms with E-state index in [1.807, 2.05) is 6.08 Å². The summed E-state index contributed by atoms with van der Waals surface area (Å²) in [5.74, 6) is -7.29. The lowest BCUT2D eigenvalue weighted by Crippen LogP contribution is -2.59. The molecular formula is C41H30Cl2F3N3O5. The van der Waals surface area contributed by atoms with Gasteiger partial charge in [-0.1, -0.05) is 102 Å². The van der Waals surface area contributed by atoms with Gasteiger partial charge in [0.1, 0.15) is 11.4 Å². The van der Waals surface area contributed by atoms with Crippen LogP contribution in [-0.2, 0) is 30.8 Å². The highest BCUT2D eigenvalue weighted by molar-refractivity contribution is 6.34. The molecule has 13 heteroatoms. The van der Waals surface area contributed by atoms with E-state index >= 15 is 9.59 Å². The number of fused-ring (bicyclic) bond motifs is 4. The summed E-state index contributed by atoms with van der Waals surface area (Å²) < 4.78 is 41.0. The number of aromatic hydroxyl groups is 1. The number of carbonyl (C=O) groups is 4. The molecule has 8 rings (SSSR count). The number of allylic oxidation sites excluding steroid dienone is 4. The molecule has 0 spiro atoms. The number of amides is 2. The number of benzene rings is 3. The van der Waals surface area contributed by atoms with Gasteiger partial charge in [0, 0.05) is 29.5 Å². The lowest BCUT2D eigenvalue weighted by Gasteiger charge is -2.55. The van der Waals surface area contributed by atoms with Gasteiger partial charge in [-0.05, 0) is 65.8 Å². The molecule has 54 heavy (non-hydrogen) atoms. The van der Waals surface area contributed by atoms with Crippen LogP contribution in [0.4, 0.5) is 19.0 Å². The van der Waals surface area contributed by atoms with Crippen LogP contribution in [0, 0.1) is 23.7 Å². The monoisotopic (exact) mass is 771 g/mol. The molecule has 0 radical (unpaired) electrons. The summed E-state index contributed by atoms with van der Waals surface area (Å²) in [7, 11) is 1.25. The molecule has 4 aliphatic rings. The van der Waals surface area contributed by atoms with Crippen molar-refractivity contribution in [1.29, 1.82) is 0 Å². The highest BCUT2D eigenvalue weighted by Crippen LogP contribution is 2.64. The van der Waals surface area contributed by atoms with Gasteiger partial charge in [-0.15, -0.1) is 0 Å². The van der Waals surface area contributed by atoms with Crippen LogP contribution in [0.5, 0.6) is 5.75 Å². The minimum Gasteiger partial charge on any atom is -0.508 e. The average molecular weight is 773 g/mol. The topological polar surface area (TPSA) is 108 Å². The smallest absolute Gasteiger partial charge is 0.433 e. The van der Waals surface area contributed by atoms with Crippen LogP contribution in [0.1, 0.15) is 41.1 Å². The summed E-state index contributed by atoms with van der Waals surface area (Å²) in [6.07, 6.45) is -1.53. The molecule has 4 aromatic rings. The summed E-state index contributed by atoms with van der Waals surface area (Å²) in [6.45, 7) is 0. The van der Waals surface area contributed by atoms with E-state index in [1.54, 1.807) is 66.7 Å². The summed E-state index contributed by atoms with van der Waals surface area (Å²) >= 11 is 13.2. The third-order valence-corrected chi connectivity index (χ3v) is 12.0. The van der Waals surface area contributed by atoms with Crippen LogP contribution in [0.3, 0.4) is 0 Å². The number of phenols is 1. The zero-order chi connectivity index (χ0) is 38.3. The van der Waals surface area contributed by atoms with Gasteiger partial charge >= 0.3 is 6.18 Å². The van der Waals surface area contributed by atoms with Gasteiger partial charge in [0.25, 0.3) is 11.8 Å². The zero-order valence-corrected chi connectivity index (χ0v) is 29.9. The van der Waals surface area contributed by atoms with Gasteiger partial charge in [0.15, 0.2) is 17.4 Å². The average Bonchev–Trinajstić information content (AvgIpc) is 3.41. The number of rotatable bonds is 5. The second-order valence-electron chi connectivity index (χ2n) is 14.0. The fourth-order valence-corrected chi connectivity index (χ4v) is 9.67. The van der Waals surface area contributed by atoms with Crippen molar-refractivity contribution >= 4 is 58.0 Å². The van der Waals surface area contributed by atoms with Crippen LogP contribution >= 0.6 is 23.2 Å². The maximum absolute atomic E-state index is 15.1. The van der Waals surface area contributed by atoms with Crippen LogP contribution in [0.2, 0.25) is 10.0 Å². The van der Waals surface area contributed by atoms with E-state index in [-0.39, 0.29) is 45.8 Å². The second kappa shape index (κ2) is 13.0. The van der Waals surface area contributed by atoms with Crippen molar-refractivity contribution in [2.75, 3.05) is 12.1 Å². The third kappa shape index (κ3) is 5.31. The molecule has 2 fully saturated rings. The summed E-state index contributed by atoms with van der Waals surface area (Å²) in [4.78, 5) is 62.6. The summed E-state index contributed by atoms with van der Waals surface area (Å²) in [5.41, 5.74) is -0.395. The molecule has 274 valence electrons. The van der Waals surface area contributed by atoms with E-state index in [9.17, 15) is 27.9 Å². The fraction of sp³-hybridized carbons (Fsp3) is 0.244. The van der Waals surface area contributed by atoms with Gasteiger partial charge in [0.05, 0.1) is 22.3 Å². The number of pyridine rings is 1. The number of Topliss-reactive ketones (excluding diaryl/α,β-unsaturated/α-hetero) is 1. The first-order chi connectivity index (χ1) is 25.7. The third-order valence-electron chi connectivity index (χ3n) is 11.4. The molecule has 1 aliphatic heterocycles. The van der Waals surface area contributed by atoms with Crippen molar-refractivity contribution in [2.24, 2.45) is 23.7 Å². The highest BCUT2D eigenvalue weighted by Gasteiger charge is 2.66. The first-order valence-electron chi connectivity index (χ1n) is 17.2. The van der Waals surface area contributed by atoms with Gasteiger partial charge < -0.3 is 5.11 Å². The molecule has 6 unspecified atom stereocenters. The summed E-state index contributed by atoms with van der Waals surface area (Å²) in [5, 5.41) is 12.0. The Balaban J connectivity index is 1.31. The Morgan fingerprint density at radius 1 is 0.870 bits per heavy atom. The van der Waals surface area contributed by atoms with E-state index in [1.165, 1.54) is 25.3 Å². The number of hydrogen-bond acceptors (Lipinski definition) is 7. The van der Waals surface area contributed by atoms with Crippen LogP contribution < -0.4 is 5.01 Å². The first-order valence-corrected chi connectivity index (χ1v) is 18.0. The molecule has 6 atom stereocenters. The Kier molecular flexibility index (Phi) is 8.57. The lowest BCUT2D eigenvalue weighted by atomic mass is 9.44. The van der Waals surface area contributed by atoms with Gasteiger partial charge in [-0.2, -0.15) is 18.2 Å². The number of nitrogens with zero attached hydrogens (tertiary/aromatic N) is 3. The van der Waals surface area contributed by atoms with Crippen molar-refractivity contribution in [3.8, 4) is 5.75 Å². The van der Waals surface area contributed by atoms with Crippen molar-refractivity contribution < 1.29 is 37.5 Å². The number of alkyl halides is 3. The molecular weight excluding hydrogens is 742 g/mol. The standard InChI is InChI=1S/C41H30Cl2F3N3O5/c1-48(37-30(42)16-17-32(47-37)41(44,45)46)49-38(53)26-15-14-24-28(34(26)39(49)54)19-29-36(52)27(21-8-4-2-5-9-21)20-33(51)40(29,22-10-6-3-7-11-22)35(24)25-13-12-23(50)18-31(25)43/h2-14,16-18,20,26,28-29,34-35,50H,15,19H2,1H3. The molecule has 3 aliphatic carbocycles. The normalized spacial score (nSPS) is 26.5. The Morgan fingerprint density at radius 2 is 1.56 bits per heavy atom. The molecule has 1 aromatic heterocycles. The maximum atomic E-state index is 15.1. The van der Waals surface area contributed by atoms with E-state index < -0.39 is 64.5 Å². The number of phenolic OH excluding ortho intramolecular Hbond substituents is 1. The molecule has 1 saturated carbocycles. The lowest BCUT2D eigenvalue weighted by molar-refractivity contribution is -0.141. The van der Waals surface area contributed by atoms with E-state index in [2.05, 4.69) is 4.98 Å². The van der Waals surface area contributed by atoms with Gasteiger partial charge in [-0.25, -0.2) is 4.98 Å². The molecule has 2 heterocycles. The Hall–Kier alpha value is -5.26. The van der Waals surface area contributed by atoms with E-state index in [4.69, 9.17) is 23.2 Å². The van der Waals surface area contributed by atoms with Crippen molar-refractivity contribution in [3.05, 3.63) is 141 Å². The van der Waals surface area contributed by atoms with Crippen LogP contribution in [-0.4, -0.2) is 45.5 Å². The predicted molar refractivity (Wildman–Crippen MR) is 194 cm³/mol. The Morgan fingerprint density at radius 3 is 2.22 bits per heavy atom. The molecule has 8 nitrogen and oxygen atoms in total. The molecule has 1 N–H and O–H groups in total. The highest BCUT2D eigenvalue weighted by atomic mass is 35.5. The number of hydrazine groups is 1. The molecule has 3 aromatic carbocycles. The maximum Gasteiger partial charge on any atom is 0.433 e. The minimum atomic E-state index is -4.82. The number of carbonyl (C=O) groups excluding carboxylic acids is 4. The molecule has 1 saturated heterocycles. The van der Waals surface area contributed by atoms with Crippen LogP contribution in [0.25, 0.3) is 5.57 Å². The predicted octanol–water partition coefficient (Wildman–Crippen LogP) is 7.99. The minimum absolute atomic E-state index is 0.00197. The molecule has 2 amide bonds. The number of halogens is 5. The van der Waals surface area contributed by atoms with E-state index in [0.717, 1.165) is 16.1 Å².